The molecule has 1 N–H and O–H groups in total. The van der Waals surface area contributed by atoms with Crippen LogP contribution in [-0.4, -0.2) is 70.8 Å². The fraction of sp³-hybridized carbons (Fsp3) is 0.250. The summed E-state index contributed by atoms with van der Waals surface area (Å²) in [6.45, 7) is 4.97. The summed E-state index contributed by atoms with van der Waals surface area (Å²) in [4.78, 5) is 36.2. The maximum absolute atomic E-state index is 14.1. The molecule has 2 saturated heterocycles. The molecule has 5 aromatic rings. The SMILES string of the molecule is N#Cc1ccccc1Sc1ccccc1C(=O)N1CCN(c2cnn(-c3ccccc3)c(=O)c2NC2CCN(Cc3ccccc3)CC2)CC1. The monoisotopic (exact) mass is 681 g/mol. The number of aromatic nitrogens is 2. The molecule has 50 heavy (non-hydrogen) atoms. The Kier molecular flexibility index (Phi) is 10.2. The van der Waals surface area contributed by atoms with E-state index in [-0.39, 0.29) is 17.5 Å². The zero-order chi connectivity index (χ0) is 34.3. The minimum absolute atomic E-state index is 0.0413. The lowest BCUT2D eigenvalue weighted by atomic mass is 10.0. The molecule has 2 aliphatic heterocycles. The normalized spacial score (nSPS) is 15.4. The lowest BCUT2D eigenvalue weighted by Gasteiger charge is -2.38. The largest absolute Gasteiger partial charge is 0.376 e. The van der Waals surface area contributed by atoms with Gasteiger partial charge in [-0.15, -0.1) is 0 Å². The Morgan fingerprint density at radius 3 is 2.16 bits per heavy atom. The van der Waals surface area contributed by atoms with Crippen LogP contribution in [0.1, 0.15) is 34.3 Å². The van der Waals surface area contributed by atoms with Crippen molar-refractivity contribution in [3.8, 4) is 11.8 Å². The van der Waals surface area contributed by atoms with Crippen molar-refractivity contribution in [3.63, 3.8) is 0 Å². The third-order valence-electron chi connectivity index (χ3n) is 9.40. The summed E-state index contributed by atoms with van der Waals surface area (Å²) >= 11 is 1.44. The van der Waals surface area contributed by atoms with Gasteiger partial charge < -0.3 is 15.1 Å². The first-order chi connectivity index (χ1) is 24.6. The van der Waals surface area contributed by atoms with Crippen molar-refractivity contribution in [1.82, 2.24) is 19.6 Å². The lowest BCUT2D eigenvalue weighted by molar-refractivity contribution is 0.0743. The molecule has 10 heteroatoms. The third-order valence-corrected chi connectivity index (χ3v) is 10.5. The molecular weight excluding hydrogens is 643 g/mol. The zero-order valence-electron chi connectivity index (χ0n) is 27.8. The Balaban J connectivity index is 1.07. The van der Waals surface area contributed by atoms with Gasteiger partial charge in [0.05, 0.1) is 28.7 Å². The van der Waals surface area contributed by atoms with E-state index in [0.717, 1.165) is 48.0 Å². The number of nitrogens with one attached hydrogen (secondary N) is 1. The van der Waals surface area contributed by atoms with E-state index in [1.165, 1.54) is 22.0 Å². The summed E-state index contributed by atoms with van der Waals surface area (Å²) < 4.78 is 1.47. The molecule has 0 radical (unpaired) electrons. The third kappa shape index (κ3) is 7.44. The van der Waals surface area contributed by atoms with Crippen molar-refractivity contribution in [2.45, 2.75) is 35.2 Å². The number of piperazine rings is 1. The van der Waals surface area contributed by atoms with Gasteiger partial charge in [-0.3, -0.25) is 14.5 Å². The molecule has 0 bridgehead atoms. The van der Waals surface area contributed by atoms with Crippen LogP contribution in [0.5, 0.6) is 0 Å². The summed E-state index contributed by atoms with van der Waals surface area (Å²) in [6.07, 6.45) is 3.65. The number of carbonyl (C=O) groups is 1. The fourth-order valence-corrected chi connectivity index (χ4v) is 7.69. The maximum atomic E-state index is 14.1. The summed E-state index contributed by atoms with van der Waals surface area (Å²) in [6, 6.07) is 37.5. The highest BCUT2D eigenvalue weighted by molar-refractivity contribution is 7.99. The van der Waals surface area contributed by atoms with E-state index in [1.54, 1.807) is 12.3 Å². The first kappa shape index (κ1) is 33.1. The lowest BCUT2D eigenvalue weighted by Crippen LogP contribution is -2.49. The second kappa shape index (κ2) is 15.5. The van der Waals surface area contributed by atoms with E-state index in [4.69, 9.17) is 0 Å². The van der Waals surface area contributed by atoms with Gasteiger partial charge >= 0.3 is 0 Å². The smallest absolute Gasteiger partial charge is 0.296 e. The second-order valence-electron chi connectivity index (χ2n) is 12.6. The molecule has 2 fully saturated rings. The van der Waals surface area contributed by atoms with Gasteiger partial charge in [0.2, 0.25) is 0 Å². The van der Waals surface area contributed by atoms with Crippen LogP contribution < -0.4 is 15.8 Å². The molecule has 0 atom stereocenters. The van der Waals surface area contributed by atoms with Crippen LogP contribution in [-0.2, 0) is 6.54 Å². The van der Waals surface area contributed by atoms with Crippen LogP contribution >= 0.6 is 11.8 Å². The molecule has 0 unspecified atom stereocenters. The Morgan fingerprint density at radius 1 is 0.800 bits per heavy atom. The van der Waals surface area contributed by atoms with Crippen LogP contribution in [0.3, 0.4) is 0 Å². The van der Waals surface area contributed by atoms with E-state index >= 15 is 0 Å². The Morgan fingerprint density at radius 2 is 1.44 bits per heavy atom. The van der Waals surface area contributed by atoms with Crippen molar-refractivity contribution in [3.05, 3.63) is 142 Å². The highest BCUT2D eigenvalue weighted by Gasteiger charge is 2.28. The number of nitriles is 1. The predicted molar refractivity (Wildman–Crippen MR) is 198 cm³/mol. The fourth-order valence-electron chi connectivity index (χ4n) is 6.67. The van der Waals surface area contributed by atoms with E-state index in [0.29, 0.717) is 48.7 Å². The Hall–Kier alpha value is -5.37. The molecule has 4 aromatic carbocycles. The van der Waals surface area contributed by atoms with Crippen molar-refractivity contribution in [1.29, 1.82) is 5.26 Å². The Bertz CT molecular complexity index is 2030. The van der Waals surface area contributed by atoms with Gasteiger partial charge in [0.25, 0.3) is 11.5 Å². The first-order valence-electron chi connectivity index (χ1n) is 17.1. The van der Waals surface area contributed by atoms with Crippen LogP contribution in [0, 0.1) is 11.3 Å². The number of likely N-dealkylation sites (tertiary alicyclic amines) is 1. The van der Waals surface area contributed by atoms with Crippen LogP contribution in [0.2, 0.25) is 0 Å². The molecule has 3 heterocycles. The average molecular weight is 682 g/mol. The average Bonchev–Trinajstić information content (AvgIpc) is 3.17. The minimum Gasteiger partial charge on any atom is -0.376 e. The molecule has 9 nitrogen and oxygen atoms in total. The number of hydrogen-bond donors (Lipinski definition) is 1. The van der Waals surface area contributed by atoms with Crippen molar-refractivity contribution in [2.75, 3.05) is 49.5 Å². The molecule has 2 aliphatic rings. The van der Waals surface area contributed by atoms with Crippen LogP contribution in [0.15, 0.2) is 130 Å². The second-order valence-corrected chi connectivity index (χ2v) is 13.7. The summed E-state index contributed by atoms with van der Waals surface area (Å²) in [5, 5.41) is 17.9. The molecule has 1 amide bonds. The van der Waals surface area contributed by atoms with Crippen molar-refractivity contribution < 1.29 is 4.79 Å². The number of carbonyl (C=O) groups excluding carboxylic acids is 1. The first-order valence-corrected chi connectivity index (χ1v) is 17.9. The maximum Gasteiger partial charge on any atom is 0.296 e. The minimum atomic E-state index is -0.178. The highest BCUT2D eigenvalue weighted by Crippen LogP contribution is 2.34. The number of para-hydroxylation sites is 1. The summed E-state index contributed by atoms with van der Waals surface area (Å²) in [5.41, 5.74) is 4.38. The van der Waals surface area contributed by atoms with Crippen LogP contribution in [0.25, 0.3) is 5.69 Å². The number of rotatable bonds is 9. The number of benzene rings is 4. The van der Waals surface area contributed by atoms with Gasteiger partial charge in [0.15, 0.2) is 0 Å². The molecule has 0 aliphatic carbocycles. The Labute approximate surface area is 296 Å². The molecule has 252 valence electrons. The van der Waals surface area contributed by atoms with Gasteiger partial charge in [-0.25, -0.2) is 0 Å². The number of hydrogen-bond acceptors (Lipinski definition) is 8. The zero-order valence-corrected chi connectivity index (χ0v) is 28.6. The quantitative estimate of drug-likeness (QED) is 0.194. The highest BCUT2D eigenvalue weighted by atomic mass is 32.2. The predicted octanol–water partition coefficient (Wildman–Crippen LogP) is 6.29. The summed E-state index contributed by atoms with van der Waals surface area (Å²) in [7, 11) is 0. The summed E-state index contributed by atoms with van der Waals surface area (Å²) in [5.74, 6) is -0.0413. The van der Waals surface area contributed by atoms with Gasteiger partial charge in [-0.1, -0.05) is 84.6 Å². The van der Waals surface area contributed by atoms with E-state index < -0.39 is 0 Å². The van der Waals surface area contributed by atoms with Gasteiger partial charge in [-0.2, -0.15) is 15.0 Å². The number of nitrogens with zero attached hydrogens (tertiary/aromatic N) is 6. The molecular formula is C40H39N7O2S. The molecule has 7 rings (SSSR count). The number of amides is 1. The topological polar surface area (TPSA) is 97.5 Å². The van der Waals surface area contributed by atoms with Crippen molar-refractivity contribution >= 4 is 29.0 Å². The van der Waals surface area contributed by atoms with Crippen LogP contribution in [0.4, 0.5) is 11.4 Å². The van der Waals surface area contributed by atoms with E-state index in [9.17, 15) is 14.9 Å². The number of piperidine rings is 1. The van der Waals surface area contributed by atoms with Gasteiger partial charge in [-0.05, 0) is 54.8 Å². The van der Waals surface area contributed by atoms with Gasteiger partial charge in [0.1, 0.15) is 11.8 Å². The molecule has 1 aromatic heterocycles. The van der Waals surface area contributed by atoms with Gasteiger partial charge in [0, 0.05) is 61.6 Å². The number of anilines is 2. The van der Waals surface area contributed by atoms with E-state index in [2.05, 4.69) is 50.5 Å². The molecule has 0 saturated carbocycles. The van der Waals surface area contributed by atoms with Crippen molar-refractivity contribution in [2.24, 2.45) is 0 Å². The van der Waals surface area contributed by atoms with E-state index in [1.807, 2.05) is 83.8 Å². The molecule has 0 spiro atoms. The standard InChI is InChI=1S/C40H39N7O2S/c41-27-31-13-7-9-17-36(31)50-37-18-10-8-16-34(37)39(48)46-25-23-45(24-26-46)35-28-42-47(33-14-5-2-6-15-33)40(49)38(35)43-32-19-21-44(22-20-32)29-30-11-3-1-4-12-30/h1-18,28,32,43H,19-26,29H2.